The predicted octanol–water partition coefficient (Wildman–Crippen LogP) is 3.42. The highest BCUT2D eigenvalue weighted by molar-refractivity contribution is 6.01. The number of carbonyl (C=O) groups excluding carboxylic acids is 1. The average molecular weight is 291 g/mol. The Bertz CT molecular complexity index is 848. The Morgan fingerprint density at radius 2 is 1.95 bits per heavy atom. The van der Waals surface area contributed by atoms with Crippen LogP contribution in [0, 0.1) is 0 Å². The largest absolute Gasteiger partial charge is 0.361 e. The van der Waals surface area contributed by atoms with Crippen LogP contribution in [0.1, 0.15) is 5.56 Å². The number of hydrogen-bond donors (Lipinski definition) is 3. The minimum Gasteiger partial charge on any atom is -0.361 e. The van der Waals surface area contributed by atoms with Gasteiger partial charge in [-0.2, -0.15) is 0 Å². The number of aromatic amines is 1. The van der Waals surface area contributed by atoms with E-state index in [1.54, 1.807) is 0 Å². The van der Waals surface area contributed by atoms with Crippen molar-refractivity contribution in [1.82, 2.24) is 4.98 Å². The molecule has 4 N–H and O–H groups in total. The van der Waals surface area contributed by atoms with E-state index in [0.29, 0.717) is 6.54 Å². The zero-order valence-electron chi connectivity index (χ0n) is 12.1. The maximum Gasteiger partial charge on any atom is 0.247 e. The second kappa shape index (κ2) is 5.87. The Labute approximate surface area is 128 Å². The number of H-pyrrole nitrogens is 1. The highest BCUT2D eigenvalue weighted by Crippen LogP contribution is 2.33. The van der Waals surface area contributed by atoms with Crippen molar-refractivity contribution in [2.75, 3.05) is 5.32 Å². The number of anilines is 1. The Balaban J connectivity index is 2.18. The number of nitrogens with two attached hydrogens (primary N) is 1. The molecular formula is C18H17N3O. The van der Waals surface area contributed by atoms with Crippen molar-refractivity contribution in [3.8, 4) is 11.1 Å². The molecule has 0 unspecified atom stereocenters. The van der Waals surface area contributed by atoms with Crippen molar-refractivity contribution in [2.24, 2.45) is 5.73 Å². The first-order valence-electron chi connectivity index (χ1n) is 7.06. The highest BCUT2D eigenvalue weighted by Gasteiger charge is 2.12. The third-order valence-corrected chi connectivity index (χ3v) is 3.71. The van der Waals surface area contributed by atoms with Crippen molar-refractivity contribution in [1.29, 1.82) is 0 Å². The Hall–Kier alpha value is -2.85. The standard InChI is InChI=1S/C18H17N3O/c1-2-18(22)21-17-8-4-6-13(15(17)11-19)12-5-3-7-16-14(12)9-10-20-16/h2-10,20H,1,11,19H2,(H,21,22). The van der Waals surface area contributed by atoms with E-state index in [2.05, 4.69) is 22.9 Å². The Morgan fingerprint density at radius 3 is 2.73 bits per heavy atom. The molecule has 22 heavy (non-hydrogen) atoms. The maximum absolute atomic E-state index is 11.6. The molecule has 0 spiro atoms. The minimum atomic E-state index is -0.244. The van der Waals surface area contributed by atoms with Crippen molar-refractivity contribution in [2.45, 2.75) is 6.54 Å². The van der Waals surface area contributed by atoms with Crippen LogP contribution in [0.3, 0.4) is 0 Å². The summed E-state index contributed by atoms with van der Waals surface area (Å²) in [5, 5.41) is 3.95. The van der Waals surface area contributed by atoms with Crippen molar-refractivity contribution >= 4 is 22.5 Å². The number of nitrogens with one attached hydrogen (secondary N) is 2. The van der Waals surface area contributed by atoms with Gasteiger partial charge < -0.3 is 16.0 Å². The summed E-state index contributed by atoms with van der Waals surface area (Å²) in [6, 6.07) is 13.9. The van der Waals surface area contributed by atoms with Gasteiger partial charge in [-0.15, -0.1) is 0 Å². The highest BCUT2D eigenvalue weighted by atomic mass is 16.1. The molecule has 4 heteroatoms. The van der Waals surface area contributed by atoms with Gasteiger partial charge in [0, 0.05) is 29.3 Å². The van der Waals surface area contributed by atoms with Gasteiger partial charge in [0.05, 0.1) is 0 Å². The SMILES string of the molecule is C=CC(=O)Nc1cccc(-c2cccc3[nH]ccc23)c1CN. The van der Waals surface area contributed by atoms with E-state index < -0.39 is 0 Å². The van der Waals surface area contributed by atoms with Crippen LogP contribution in [0.2, 0.25) is 0 Å². The molecule has 0 radical (unpaired) electrons. The fourth-order valence-corrected chi connectivity index (χ4v) is 2.68. The summed E-state index contributed by atoms with van der Waals surface area (Å²) in [5.41, 5.74) is 10.8. The number of rotatable bonds is 4. The molecule has 0 fully saturated rings. The van der Waals surface area contributed by atoms with Gasteiger partial charge >= 0.3 is 0 Å². The molecule has 0 aliphatic heterocycles. The quantitative estimate of drug-likeness (QED) is 0.645. The molecule has 0 saturated heterocycles. The molecule has 1 aromatic heterocycles. The first kappa shape index (κ1) is 14.1. The number of amides is 1. The fraction of sp³-hybridized carbons (Fsp3) is 0.0556. The molecule has 0 bridgehead atoms. The number of fused-ring (bicyclic) bond motifs is 1. The third-order valence-electron chi connectivity index (χ3n) is 3.71. The van der Waals surface area contributed by atoms with Gasteiger partial charge in [0.15, 0.2) is 0 Å². The molecule has 4 nitrogen and oxygen atoms in total. The third kappa shape index (κ3) is 2.40. The molecule has 2 aromatic carbocycles. The topological polar surface area (TPSA) is 70.9 Å². The van der Waals surface area contributed by atoms with Crippen molar-refractivity contribution < 1.29 is 4.79 Å². The molecule has 0 aliphatic carbocycles. The maximum atomic E-state index is 11.6. The van der Waals surface area contributed by atoms with Gasteiger partial charge in [-0.1, -0.05) is 30.8 Å². The van der Waals surface area contributed by atoms with Gasteiger partial charge in [0.2, 0.25) is 5.91 Å². The van der Waals surface area contributed by atoms with E-state index in [4.69, 9.17) is 5.73 Å². The number of hydrogen-bond acceptors (Lipinski definition) is 2. The summed E-state index contributed by atoms with van der Waals surface area (Å²) >= 11 is 0. The molecule has 110 valence electrons. The lowest BCUT2D eigenvalue weighted by Crippen LogP contribution is -2.12. The van der Waals surface area contributed by atoms with Crippen LogP contribution in [0.5, 0.6) is 0 Å². The predicted molar refractivity (Wildman–Crippen MR) is 90.5 cm³/mol. The summed E-state index contributed by atoms with van der Waals surface area (Å²) in [6.07, 6.45) is 3.17. The molecular weight excluding hydrogens is 274 g/mol. The molecule has 1 heterocycles. The van der Waals surface area contributed by atoms with Crippen LogP contribution >= 0.6 is 0 Å². The number of carbonyl (C=O) groups is 1. The first-order chi connectivity index (χ1) is 10.7. The Kier molecular flexibility index (Phi) is 3.76. The van der Waals surface area contributed by atoms with Gasteiger partial charge in [0.25, 0.3) is 0 Å². The average Bonchev–Trinajstić information content (AvgIpc) is 3.03. The van der Waals surface area contributed by atoms with E-state index in [1.165, 1.54) is 6.08 Å². The molecule has 0 aliphatic rings. The zero-order chi connectivity index (χ0) is 15.5. The summed E-state index contributed by atoms with van der Waals surface area (Å²) in [5.74, 6) is -0.244. The smallest absolute Gasteiger partial charge is 0.247 e. The molecule has 1 amide bonds. The Morgan fingerprint density at radius 1 is 1.18 bits per heavy atom. The van der Waals surface area contributed by atoms with Gasteiger partial charge in [-0.05, 0) is 41.0 Å². The summed E-state index contributed by atoms with van der Waals surface area (Å²) in [4.78, 5) is 14.8. The van der Waals surface area contributed by atoms with Crippen LogP contribution in [-0.4, -0.2) is 10.9 Å². The van der Waals surface area contributed by atoms with E-state index in [0.717, 1.165) is 33.3 Å². The zero-order valence-corrected chi connectivity index (χ0v) is 12.1. The molecule has 0 atom stereocenters. The van der Waals surface area contributed by atoms with Crippen LogP contribution in [-0.2, 0) is 11.3 Å². The lowest BCUT2D eigenvalue weighted by atomic mass is 9.95. The van der Waals surface area contributed by atoms with E-state index in [1.807, 2.05) is 42.6 Å². The van der Waals surface area contributed by atoms with Crippen LogP contribution in [0.15, 0.2) is 61.3 Å². The van der Waals surface area contributed by atoms with E-state index in [-0.39, 0.29) is 5.91 Å². The lowest BCUT2D eigenvalue weighted by molar-refractivity contribution is -0.111. The molecule has 3 rings (SSSR count). The summed E-state index contributed by atoms with van der Waals surface area (Å²) < 4.78 is 0. The van der Waals surface area contributed by atoms with Gasteiger partial charge in [-0.3, -0.25) is 4.79 Å². The lowest BCUT2D eigenvalue weighted by Gasteiger charge is -2.14. The molecule has 0 saturated carbocycles. The first-order valence-corrected chi connectivity index (χ1v) is 7.06. The van der Waals surface area contributed by atoms with Crippen LogP contribution < -0.4 is 11.1 Å². The monoisotopic (exact) mass is 291 g/mol. The second-order valence-corrected chi connectivity index (χ2v) is 4.97. The fourth-order valence-electron chi connectivity index (χ4n) is 2.68. The second-order valence-electron chi connectivity index (χ2n) is 4.97. The van der Waals surface area contributed by atoms with Crippen molar-refractivity contribution in [3.05, 3.63) is 66.9 Å². The molecule has 3 aromatic rings. The normalized spacial score (nSPS) is 10.6. The van der Waals surface area contributed by atoms with E-state index >= 15 is 0 Å². The van der Waals surface area contributed by atoms with Crippen LogP contribution in [0.4, 0.5) is 5.69 Å². The van der Waals surface area contributed by atoms with E-state index in [9.17, 15) is 4.79 Å². The number of benzene rings is 2. The summed E-state index contributed by atoms with van der Waals surface area (Å²) in [7, 11) is 0. The number of aromatic nitrogens is 1. The van der Waals surface area contributed by atoms with Crippen molar-refractivity contribution in [3.63, 3.8) is 0 Å². The van der Waals surface area contributed by atoms with Crippen LogP contribution in [0.25, 0.3) is 22.0 Å². The minimum absolute atomic E-state index is 0.244. The summed E-state index contributed by atoms with van der Waals surface area (Å²) in [6.45, 7) is 3.82. The van der Waals surface area contributed by atoms with Gasteiger partial charge in [0.1, 0.15) is 0 Å². The van der Waals surface area contributed by atoms with Gasteiger partial charge in [-0.25, -0.2) is 0 Å².